The lowest BCUT2D eigenvalue weighted by atomic mass is 10.1. The van der Waals surface area contributed by atoms with E-state index >= 15 is 0 Å². The maximum Gasteiger partial charge on any atom is 0.263 e. The van der Waals surface area contributed by atoms with Crippen molar-refractivity contribution in [1.82, 2.24) is 9.78 Å². The fourth-order valence-corrected chi connectivity index (χ4v) is 2.59. The second-order valence-electron chi connectivity index (χ2n) is 6.08. The molecular weight excluding hydrogens is 350 g/mol. The van der Waals surface area contributed by atoms with E-state index in [9.17, 15) is 4.79 Å². The van der Waals surface area contributed by atoms with E-state index in [1.54, 1.807) is 16.9 Å². The Kier molecular flexibility index (Phi) is 5.58. The summed E-state index contributed by atoms with van der Waals surface area (Å²) in [4.78, 5) is 12.2. The average molecular weight is 370 g/mol. The molecule has 0 aliphatic carbocycles. The molecule has 134 valence electrons. The molecule has 0 fully saturated rings. The number of hydrogen-bond acceptors (Lipinski definition) is 3. The number of benzene rings is 2. The van der Waals surface area contributed by atoms with Crippen LogP contribution in [0.5, 0.6) is 5.75 Å². The number of nitrogens with one attached hydrogen (secondary N) is 1. The van der Waals surface area contributed by atoms with Gasteiger partial charge in [0, 0.05) is 11.1 Å². The lowest BCUT2D eigenvalue weighted by molar-refractivity contribution is -0.118. The minimum absolute atomic E-state index is 0.0609. The molecule has 0 radical (unpaired) electrons. The van der Waals surface area contributed by atoms with E-state index in [-0.39, 0.29) is 12.5 Å². The number of carbonyl (C=O) groups excluding carboxylic acids is 1. The molecule has 6 heteroatoms. The molecule has 0 saturated heterocycles. The van der Waals surface area contributed by atoms with Gasteiger partial charge in [-0.05, 0) is 54.8 Å². The number of aromatic nitrogens is 2. The highest BCUT2D eigenvalue weighted by atomic mass is 35.5. The van der Waals surface area contributed by atoms with Crippen molar-refractivity contribution >= 4 is 23.3 Å². The van der Waals surface area contributed by atoms with Gasteiger partial charge in [0.15, 0.2) is 6.61 Å². The fraction of sp³-hybridized carbons (Fsp3) is 0.200. The summed E-state index contributed by atoms with van der Waals surface area (Å²) in [5.41, 5.74) is 3.36. The molecule has 3 rings (SSSR count). The van der Waals surface area contributed by atoms with Crippen LogP contribution in [0.4, 0.5) is 5.82 Å². The summed E-state index contributed by atoms with van der Waals surface area (Å²) in [5, 5.41) is 7.77. The van der Waals surface area contributed by atoms with Crippen LogP contribution in [0.1, 0.15) is 16.7 Å². The van der Waals surface area contributed by atoms with Crippen molar-refractivity contribution < 1.29 is 9.53 Å². The zero-order valence-electron chi connectivity index (χ0n) is 14.7. The lowest BCUT2D eigenvalue weighted by Crippen LogP contribution is -2.22. The Bertz CT molecular complexity index is 904. The van der Waals surface area contributed by atoms with Gasteiger partial charge in [0.2, 0.25) is 0 Å². The summed E-state index contributed by atoms with van der Waals surface area (Å²) in [6.45, 7) is 4.53. The van der Waals surface area contributed by atoms with Crippen LogP contribution in [0.25, 0.3) is 0 Å². The van der Waals surface area contributed by atoms with Crippen LogP contribution in [0.2, 0.25) is 5.02 Å². The van der Waals surface area contributed by atoms with Crippen molar-refractivity contribution in [3.63, 3.8) is 0 Å². The van der Waals surface area contributed by atoms with Gasteiger partial charge in [0.1, 0.15) is 11.6 Å². The Morgan fingerprint density at radius 2 is 1.88 bits per heavy atom. The van der Waals surface area contributed by atoms with E-state index in [2.05, 4.69) is 10.4 Å². The highest BCUT2D eigenvalue weighted by Gasteiger charge is 2.09. The third-order valence-corrected chi connectivity index (χ3v) is 4.33. The number of rotatable bonds is 6. The van der Waals surface area contributed by atoms with Gasteiger partial charge in [-0.15, -0.1) is 0 Å². The zero-order chi connectivity index (χ0) is 18.5. The van der Waals surface area contributed by atoms with Crippen LogP contribution in [0.3, 0.4) is 0 Å². The Hall–Kier alpha value is -2.79. The van der Waals surface area contributed by atoms with E-state index in [1.165, 1.54) is 5.56 Å². The number of anilines is 1. The molecule has 0 bridgehead atoms. The number of halogens is 1. The molecule has 1 N–H and O–H groups in total. The van der Waals surface area contributed by atoms with E-state index in [0.717, 1.165) is 11.1 Å². The monoisotopic (exact) mass is 369 g/mol. The number of hydrogen-bond donors (Lipinski definition) is 1. The third kappa shape index (κ3) is 4.64. The molecule has 0 aliphatic rings. The summed E-state index contributed by atoms with van der Waals surface area (Å²) >= 11 is 5.90. The van der Waals surface area contributed by atoms with Crippen LogP contribution in [0.15, 0.2) is 54.7 Å². The van der Waals surface area contributed by atoms with Crippen LogP contribution in [0, 0.1) is 13.8 Å². The molecule has 0 aliphatic heterocycles. The minimum atomic E-state index is -0.235. The fourth-order valence-electron chi connectivity index (χ4n) is 2.46. The predicted octanol–water partition coefficient (Wildman–Crippen LogP) is 4.22. The third-order valence-electron chi connectivity index (χ3n) is 4.08. The van der Waals surface area contributed by atoms with E-state index in [1.807, 2.05) is 56.3 Å². The molecule has 0 unspecified atom stereocenters. The van der Waals surface area contributed by atoms with Crippen LogP contribution < -0.4 is 10.1 Å². The van der Waals surface area contributed by atoms with Gasteiger partial charge in [-0.1, -0.05) is 29.8 Å². The van der Waals surface area contributed by atoms with Crippen LogP contribution in [-0.2, 0) is 11.3 Å². The highest BCUT2D eigenvalue weighted by molar-refractivity contribution is 6.30. The first kappa shape index (κ1) is 18.0. The number of carbonyl (C=O) groups is 1. The molecule has 1 aromatic heterocycles. The Balaban J connectivity index is 1.58. The van der Waals surface area contributed by atoms with Crippen molar-refractivity contribution in [2.24, 2.45) is 0 Å². The second-order valence-corrected chi connectivity index (χ2v) is 6.52. The largest absolute Gasteiger partial charge is 0.484 e. The van der Waals surface area contributed by atoms with E-state index in [0.29, 0.717) is 23.1 Å². The number of ether oxygens (including phenoxy) is 1. The van der Waals surface area contributed by atoms with Crippen molar-refractivity contribution in [3.8, 4) is 5.75 Å². The number of amides is 1. The van der Waals surface area contributed by atoms with Crippen molar-refractivity contribution in [3.05, 3.63) is 76.4 Å². The topological polar surface area (TPSA) is 56.1 Å². The molecule has 26 heavy (non-hydrogen) atoms. The Morgan fingerprint density at radius 3 is 2.62 bits per heavy atom. The lowest BCUT2D eigenvalue weighted by Gasteiger charge is -2.11. The zero-order valence-corrected chi connectivity index (χ0v) is 15.5. The van der Waals surface area contributed by atoms with Gasteiger partial charge in [-0.2, -0.15) is 5.10 Å². The SMILES string of the molecule is Cc1ccc(OCC(=O)Nc2ccnn2Cc2ccc(Cl)cc2)cc1C. The van der Waals surface area contributed by atoms with E-state index < -0.39 is 0 Å². The van der Waals surface area contributed by atoms with Gasteiger partial charge in [0.05, 0.1) is 12.7 Å². The molecule has 0 spiro atoms. The first-order valence-electron chi connectivity index (χ1n) is 8.27. The molecule has 0 atom stereocenters. The summed E-state index contributed by atoms with van der Waals surface area (Å²) in [5.74, 6) is 1.06. The van der Waals surface area contributed by atoms with Gasteiger partial charge < -0.3 is 10.1 Å². The standard InChI is InChI=1S/C20H20ClN3O2/c1-14-3-8-18(11-15(14)2)26-13-20(25)23-19-9-10-22-24(19)12-16-4-6-17(21)7-5-16/h3-11H,12-13H2,1-2H3,(H,23,25). The summed E-state index contributed by atoms with van der Waals surface area (Å²) in [7, 11) is 0. The van der Waals surface area contributed by atoms with Gasteiger partial charge in [0.25, 0.3) is 5.91 Å². The second kappa shape index (κ2) is 8.06. The smallest absolute Gasteiger partial charge is 0.263 e. The summed E-state index contributed by atoms with van der Waals surface area (Å²) < 4.78 is 7.29. The number of aryl methyl sites for hydroxylation is 2. The van der Waals surface area contributed by atoms with E-state index in [4.69, 9.17) is 16.3 Å². The predicted molar refractivity (Wildman–Crippen MR) is 103 cm³/mol. The maximum atomic E-state index is 12.2. The Morgan fingerprint density at radius 1 is 1.12 bits per heavy atom. The molecule has 3 aromatic rings. The van der Waals surface area contributed by atoms with Crippen molar-refractivity contribution in [2.75, 3.05) is 11.9 Å². The Labute approximate surface area is 157 Å². The molecule has 0 saturated carbocycles. The first-order chi connectivity index (χ1) is 12.5. The van der Waals surface area contributed by atoms with Crippen LogP contribution in [-0.4, -0.2) is 22.3 Å². The maximum absolute atomic E-state index is 12.2. The van der Waals surface area contributed by atoms with Gasteiger partial charge >= 0.3 is 0 Å². The minimum Gasteiger partial charge on any atom is -0.484 e. The average Bonchev–Trinajstić information content (AvgIpc) is 3.05. The molecule has 2 aromatic carbocycles. The van der Waals surface area contributed by atoms with Crippen LogP contribution >= 0.6 is 11.6 Å². The summed E-state index contributed by atoms with van der Waals surface area (Å²) in [6.07, 6.45) is 1.65. The normalized spacial score (nSPS) is 10.6. The van der Waals surface area contributed by atoms with Gasteiger partial charge in [-0.3, -0.25) is 4.79 Å². The molecule has 1 amide bonds. The van der Waals surface area contributed by atoms with Gasteiger partial charge in [-0.25, -0.2) is 4.68 Å². The first-order valence-corrected chi connectivity index (χ1v) is 8.65. The molecule has 5 nitrogen and oxygen atoms in total. The highest BCUT2D eigenvalue weighted by Crippen LogP contribution is 2.17. The van der Waals surface area contributed by atoms with Crippen molar-refractivity contribution in [1.29, 1.82) is 0 Å². The molecular formula is C20H20ClN3O2. The molecule has 1 heterocycles. The summed E-state index contributed by atoms with van der Waals surface area (Å²) in [6, 6.07) is 15.0. The van der Waals surface area contributed by atoms with Crippen molar-refractivity contribution in [2.45, 2.75) is 20.4 Å². The number of nitrogens with zero attached hydrogens (tertiary/aromatic N) is 2. The quantitative estimate of drug-likeness (QED) is 0.707.